The number of anilines is 1. The summed E-state index contributed by atoms with van der Waals surface area (Å²) >= 11 is 1.83. The molecule has 0 bridgehead atoms. The molecule has 1 aliphatic rings. The minimum Gasteiger partial charge on any atom is -0.346 e. The molecule has 0 amide bonds. The quantitative estimate of drug-likeness (QED) is 0.889. The maximum atomic E-state index is 4.72. The van der Waals surface area contributed by atoms with Crippen LogP contribution in [0.3, 0.4) is 0 Å². The van der Waals surface area contributed by atoms with Crippen LogP contribution in [-0.4, -0.2) is 30.7 Å². The first kappa shape index (κ1) is 13.8. The highest BCUT2D eigenvalue weighted by molar-refractivity contribution is 7.15. The minimum absolute atomic E-state index is 0.647. The third-order valence-electron chi connectivity index (χ3n) is 3.48. The van der Waals surface area contributed by atoms with Crippen LogP contribution in [0.4, 0.5) is 5.13 Å². The van der Waals surface area contributed by atoms with Crippen molar-refractivity contribution in [2.24, 2.45) is 5.92 Å². The number of thiazole rings is 1. The molecule has 0 radical (unpaired) electrons. The van der Waals surface area contributed by atoms with Gasteiger partial charge in [0.2, 0.25) is 0 Å². The normalized spacial score (nSPS) is 19.7. The summed E-state index contributed by atoms with van der Waals surface area (Å²) in [6.45, 7) is 12.2. The first-order valence-electron chi connectivity index (χ1n) is 6.98. The lowest BCUT2D eigenvalue weighted by Crippen LogP contribution is -2.39. The summed E-state index contributed by atoms with van der Waals surface area (Å²) in [6.07, 6.45) is 2.62. The lowest BCUT2D eigenvalue weighted by Gasteiger charge is -2.27. The summed E-state index contributed by atoms with van der Waals surface area (Å²) in [4.78, 5) is 8.54. The molecule has 1 atom stereocenters. The van der Waals surface area contributed by atoms with E-state index in [9.17, 15) is 0 Å². The van der Waals surface area contributed by atoms with Gasteiger partial charge in [-0.3, -0.25) is 0 Å². The Labute approximate surface area is 115 Å². The second-order valence-electron chi connectivity index (χ2n) is 5.73. The van der Waals surface area contributed by atoms with Crippen molar-refractivity contribution in [3.63, 3.8) is 0 Å². The Balaban J connectivity index is 2.08. The second-order valence-corrected chi connectivity index (χ2v) is 6.91. The zero-order valence-corrected chi connectivity index (χ0v) is 12.8. The summed E-state index contributed by atoms with van der Waals surface area (Å²) in [5, 5.41) is 4.79. The van der Waals surface area contributed by atoms with E-state index in [-0.39, 0.29) is 0 Å². The minimum atomic E-state index is 0.647. The Morgan fingerprint density at radius 3 is 2.72 bits per heavy atom. The lowest BCUT2D eigenvalue weighted by molar-refractivity contribution is 0.540. The molecule has 1 fully saturated rings. The van der Waals surface area contributed by atoms with Crippen LogP contribution in [0.1, 0.15) is 37.3 Å². The number of aromatic nitrogens is 1. The summed E-state index contributed by atoms with van der Waals surface area (Å²) < 4.78 is 0. The Morgan fingerprint density at radius 2 is 2.22 bits per heavy atom. The molecule has 1 aliphatic heterocycles. The summed E-state index contributed by atoms with van der Waals surface area (Å²) in [5.41, 5.74) is 1.18. The molecular weight excluding hydrogens is 242 g/mol. The average Bonchev–Trinajstić information content (AvgIpc) is 2.89. The first-order chi connectivity index (χ1) is 8.56. The van der Waals surface area contributed by atoms with Gasteiger partial charge in [-0.05, 0) is 39.2 Å². The van der Waals surface area contributed by atoms with E-state index >= 15 is 0 Å². The SMILES string of the molecule is Cc1nc(N(CC(C)C)CC2CCCN2)sc1C. The van der Waals surface area contributed by atoms with E-state index in [1.54, 1.807) is 0 Å². The molecule has 2 rings (SSSR count). The second kappa shape index (κ2) is 6.02. The van der Waals surface area contributed by atoms with Gasteiger partial charge in [-0.15, -0.1) is 11.3 Å². The van der Waals surface area contributed by atoms with Crippen LogP contribution in [0.5, 0.6) is 0 Å². The molecule has 3 nitrogen and oxygen atoms in total. The van der Waals surface area contributed by atoms with Gasteiger partial charge in [-0.1, -0.05) is 13.8 Å². The van der Waals surface area contributed by atoms with Gasteiger partial charge < -0.3 is 10.2 Å². The van der Waals surface area contributed by atoms with Crippen molar-refractivity contribution in [2.75, 3.05) is 24.5 Å². The van der Waals surface area contributed by atoms with Gasteiger partial charge in [0, 0.05) is 24.0 Å². The molecule has 4 heteroatoms. The van der Waals surface area contributed by atoms with Crippen LogP contribution >= 0.6 is 11.3 Å². The fraction of sp³-hybridized carbons (Fsp3) is 0.786. The Hall–Kier alpha value is -0.610. The van der Waals surface area contributed by atoms with Crippen molar-refractivity contribution in [3.05, 3.63) is 10.6 Å². The van der Waals surface area contributed by atoms with E-state index < -0.39 is 0 Å². The fourth-order valence-electron chi connectivity index (χ4n) is 2.44. The van der Waals surface area contributed by atoms with Crippen molar-refractivity contribution in [2.45, 2.75) is 46.6 Å². The number of rotatable bonds is 5. The Kier molecular flexibility index (Phi) is 4.62. The van der Waals surface area contributed by atoms with Crippen molar-refractivity contribution in [1.82, 2.24) is 10.3 Å². The van der Waals surface area contributed by atoms with Crippen LogP contribution in [0.2, 0.25) is 0 Å². The van der Waals surface area contributed by atoms with Gasteiger partial charge in [0.15, 0.2) is 5.13 Å². The molecule has 18 heavy (non-hydrogen) atoms. The third-order valence-corrected chi connectivity index (χ3v) is 4.61. The summed E-state index contributed by atoms with van der Waals surface area (Å²) in [7, 11) is 0. The van der Waals surface area contributed by atoms with Crippen LogP contribution in [0.25, 0.3) is 0 Å². The molecule has 102 valence electrons. The molecule has 2 heterocycles. The van der Waals surface area contributed by atoms with Crippen molar-refractivity contribution < 1.29 is 0 Å². The van der Waals surface area contributed by atoms with Crippen molar-refractivity contribution in [1.29, 1.82) is 0 Å². The van der Waals surface area contributed by atoms with Gasteiger partial charge >= 0.3 is 0 Å². The van der Waals surface area contributed by atoms with Gasteiger partial charge in [0.05, 0.1) is 5.69 Å². The zero-order chi connectivity index (χ0) is 13.1. The molecule has 0 spiro atoms. The molecule has 0 aromatic carbocycles. The number of nitrogens with zero attached hydrogens (tertiary/aromatic N) is 2. The third kappa shape index (κ3) is 3.45. The monoisotopic (exact) mass is 267 g/mol. The first-order valence-corrected chi connectivity index (χ1v) is 7.80. The topological polar surface area (TPSA) is 28.2 Å². The number of hydrogen-bond donors (Lipinski definition) is 1. The smallest absolute Gasteiger partial charge is 0.185 e. The van der Waals surface area contributed by atoms with Gasteiger partial charge in [0.1, 0.15) is 0 Å². The van der Waals surface area contributed by atoms with Gasteiger partial charge in [-0.25, -0.2) is 4.98 Å². The van der Waals surface area contributed by atoms with Gasteiger partial charge in [0.25, 0.3) is 0 Å². The van der Waals surface area contributed by atoms with Crippen LogP contribution in [0, 0.1) is 19.8 Å². The largest absolute Gasteiger partial charge is 0.346 e. The van der Waals surface area contributed by atoms with E-state index in [1.807, 2.05) is 11.3 Å². The lowest BCUT2D eigenvalue weighted by atomic mass is 10.2. The zero-order valence-electron chi connectivity index (χ0n) is 12.0. The van der Waals surface area contributed by atoms with E-state index in [0.29, 0.717) is 12.0 Å². The van der Waals surface area contributed by atoms with E-state index in [2.05, 4.69) is 37.9 Å². The van der Waals surface area contributed by atoms with Gasteiger partial charge in [-0.2, -0.15) is 0 Å². The van der Waals surface area contributed by atoms with Crippen molar-refractivity contribution in [3.8, 4) is 0 Å². The molecule has 1 aromatic rings. The fourth-order valence-corrected chi connectivity index (χ4v) is 3.37. The van der Waals surface area contributed by atoms with Crippen molar-refractivity contribution >= 4 is 16.5 Å². The average molecular weight is 267 g/mol. The standard InChI is InChI=1S/C14H25N3S/c1-10(2)8-17(9-13-6-5-7-15-13)14-16-11(3)12(4)18-14/h10,13,15H,5-9H2,1-4H3. The van der Waals surface area contributed by atoms with Crippen LogP contribution < -0.4 is 10.2 Å². The van der Waals surface area contributed by atoms with Crippen LogP contribution in [0.15, 0.2) is 0 Å². The predicted octanol–water partition coefficient (Wildman–Crippen LogP) is 2.97. The Morgan fingerprint density at radius 1 is 1.44 bits per heavy atom. The highest BCUT2D eigenvalue weighted by Gasteiger charge is 2.21. The molecule has 1 N–H and O–H groups in total. The maximum Gasteiger partial charge on any atom is 0.185 e. The van der Waals surface area contributed by atoms with E-state index in [4.69, 9.17) is 4.98 Å². The predicted molar refractivity (Wildman–Crippen MR) is 79.7 cm³/mol. The highest BCUT2D eigenvalue weighted by Crippen LogP contribution is 2.26. The molecular formula is C14H25N3S. The molecule has 1 unspecified atom stereocenters. The number of aryl methyl sites for hydroxylation is 2. The molecule has 1 aromatic heterocycles. The van der Waals surface area contributed by atoms with Crippen LogP contribution in [-0.2, 0) is 0 Å². The van der Waals surface area contributed by atoms with E-state index in [1.165, 1.54) is 35.1 Å². The van der Waals surface area contributed by atoms with E-state index in [0.717, 1.165) is 13.1 Å². The Bertz CT molecular complexity index is 361. The molecule has 1 saturated heterocycles. The number of nitrogens with one attached hydrogen (secondary N) is 1. The summed E-state index contributed by atoms with van der Waals surface area (Å²) in [5.74, 6) is 0.677. The highest BCUT2D eigenvalue weighted by atomic mass is 32.1. The molecule has 0 aliphatic carbocycles. The maximum absolute atomic E-state index is 4.72. The summed E-state index contributed by atoms with van der Waals surface area (Å²) in [6, 6.07) is 0.647. The molecule has 0 saturated carbocycles. The number of hydrogen-bond acceptors (Lipinski definition) is 4.